The molecule has 1 atom stereocenters. The highest BCUT2D eigenvalue weighted by atomic mass is 32.1. The van der Waals surface area contributed by atoms with Crippen LogP contribution in [0.1, 0.15) is 36.2 Å². The van der Waals surface area contributed by atoms with Crippen LogP contribution in [0.2, 0.25) is 0 Å². The molecule has 1 unspecified atom stereocenters. The molecule has 3 nitrogen and oxygen atoms in total. The van der Waals surface area contributed by atoms with Gasteiger partial charge in [-0.15, -0.1) is 0 Å². The summed E-state index contributed by atoms with van der Waals surface area (Å²) in [5.41, 5.74) is 3.52. The Morgan fingerprint density at radius 3 is 2.61 bits per heavy atom. The van der Waals surface area contributed by atoms with Gasteiger partial charge in [-0.05, 0) is 18.9 Å². The maximum atomic E-state index is 11.0. The molecule has 1 aromatic heterocycles. The van der Waals surface area contributed by atoms with Gasteiger partial charge in [0.05, 0.1) is 0 Å². The fourth-order valence-electron chi connectivity index (χ4n) is 1.93. The second kappa shape index (κ2) is 5.98. The van der Waals surface area contributed by atoms with Gasteiger partial charge in [-0.2, -0.15) is 0 Å². The molecule has 0 aliphatic carbocycles. The van der Waals surface area contributed by atoms with Gasteiger partial charge in [0.1, 0.15) is 0 Å². The van der Waals surface area contributed by atoms with Gasteiger partial charge < -0.3 is 10.3 Å². The van der Waals surface area contributed by atoms with E-state index in [1.54, 1.807) is 0 Å². The molecule has 0 radical (unpaired) electrons. The van der Waals surface area contributed by atoms with Crippen molar-refractivity contribution >= 4 is 11.3 Å². The Morgan fingerprint density at radius 1 is 1.33 bits per heavy atom. The highest BCUT2D eigenvalue weighted by molar-refractivity contribution is 7.07. The van der Waals surface area contributed by atoms with E-state index in [1.807, 2.05) is 5.38 Å². The number of rotatable bonds is 5. The number of aryl methyl sites for hydroxylation is 1. The van der Waals surface area contributed by atoms with Crippen LogP contribution >= 0.6 is 11.3 Å². The number of hydrogen-bond acceptors (Lipinski definition) is 3. The van der Waals surface area contributed by atoms with Gasteiger partial charge in [0.2, 0.25) is 0 Å². The highest BCUT2D eigenvalue weighted by Gasteiger charge is 2.08. The molecular weight excluding hydrogens is 244 g/mol. The van der Waals surface area contributed by atoms with Crippen LogP contribution in [0.25, 0.3) is 0 Å². The minimum absolute atomic E-state index is 0.00943. The standard InChI is InChI=1S/C14H18N2OS/c1-3-13(11-6-4-10(2)5-7-11)15-8-12-9-18-14(17)16-12/h4-7,9,13,15H,3,8H2,1-2H3,(H,16,17). The quantitative estimate of drug-likeness (QED) is 0.870. The molecule has 0 saturated carbocycles. The molecule has 0 spiro atoms. The van der Waals surface area contributed by atoms with Crippen molar-refractivity contribution in [2.45, 2.75) is 32.9 Å². The summed E-state index contributed by atoms with van der Waals surface area (Å²) < 4.78 is 0. The van der Waals surface area contributed by atoms with E-state index in [2.05, 4.69) is 48.4 Å². The molecule has 0 fully saturated rings. The minimum Gasteiger partial charge on any atom is -0.315 e. The SMILES string of the molecule is CCC(NCc1csc(=O)[nH]1)c1ccc(C)cc1. The van der Waals surface area contributed by atoms with Gasteiger partial charge in [0, 0.05) is 23.7 Å². The first-order chi connectivity index (χ1) is 8.69. The van der Waals surface area contributed by atoms with Gasteiger partial charge in [-0.1, -0.05) is 48.1 Å². The third-order valence-electron chi connectivity index (χ3n) is 3.00. The Balaban J connectivity index is 2.01. The van der Waals surface area contributed by atoms with E-state index in [0.29, 0.717) is 12.6 Å². The van der Waals surface area contributed by atoms with Crippen molar-refractivity contribution in [3.63, 3.8) is 0 Å². The van der Waals surface area contributed by atoms with Crippen LogP contribution in [0.3, 0.4) is 0 Å². The summed E-state index contributed by atoms with van der Waals surface area (Å²) in [5.74, 6) is 0. The number of aromatic nitrogens is 1. The van der Waals surface area contributed by atoms with E-state index >= 15 is 0 Å². The lowest BCUT2D eigenvalue weighted by Gasteiger charge is -2.17. The molecule has 2 N–H and O–H groups in total. The second-order valence-corrected chi connectivity index (χ2v) is 5.27. The zero-order chi connectivity index (χ0) is 13.0. The summed E-state index contributed by atoms with van der Waals surface area (Å²) in [4.78, 5) is 13.9. The molecule has 2 aromatic rings. The first-order valence-electron chi connectivity index (χ1n) is 6.15. The van der Waals surface area contributed by atoms with Crippen LogP contribution in [0, 0.1) is 6.92 Å². The molecule has 0 amide bonds. The average Bonchev–Trinajstić information content (AvgIpc) is 2.78. The van der Waals surface area contributed by atoms with Crippen molar-refractivity contribution in [2.24, 2.45) is 0 Å². The maximum absolute atomic E-state index is 11.0. The Bertz CT molecular complexity index is 541. The topological polar surface area (TPSA) is 44.9 Å². The maximum Gasteiger partial charge on any atom is 0.304 e. The zero-order valence-corrected chi connectivity index (χ0v) is 11.5. The molecule has 0 aliphatic rings. The Morgan fingerprint density at radius 2 is 2.06 bits per heavy atom. The summed E-state index contributed by atoms with van der Waals surface area (Å²) >= 11 is 1.21. The molecule has 18 heavy (non-hydrogen) atoms. The van der Waals surface area contributed by atoms with E-state index in [0.717, 1.165) is 12.1 Å². The van der Waals surface area contributed by atoms with E-state index < -0.39 is 0 Å². The van der Waals surface area contributed by atoms with Gasteiger partial charge in [-0.3, -0.25) is 4.79 Å². The summed E-state index contributed by atoms with van der Waals surface area (Å²) in [6.45, 7) is 4.95. The molecule has 1 heterocycles. The predicted molar refractivity (Wildman–Crippen MR) is 76.0 cm³/mol. The van der Waals surface area contributed by atoms with Gasteiger partial charge >= 0.3 is 4.87 Å². The van der Waals surface area contributed by atoms with E-state index in [1.165, 1.54) is 22.5 Å². The zero-order valence-electron chi connectivity index (χ0n) is 10.7. The average molecular weight is 262 g/mol. The molecule has 0 aliphatic heterocycles. The monoisotopic (exact) mass is 262 g/mol. The van der Waals surface area contributed by atoms with Crippen molar-refractivity contribution in [2.75, 3.05) is 0 Å². The normalized spacial score (nSPS) is 12.6. The minimum atomic E-state index is 0.00943. The van der Waals surface area contributed by atoms with Crippen molar-refractivity contribution < 1.29 is 0 Å². The Hall–Kier alpha value is -1.39. The Labute approximate surface area is 111 Å². The van der Waals surface area contributed by atoms with E-state index in [4.69, 9.17) is 0 Å². The first-order valence-corrected chi connectivity index (χ1v) is 7.03. The van der Waals surface area contributed by atoms with Gasteiger partial charge in [0.25, 0.3) is 0 Å². The van der Waals surface area contributed by atoms with Crippen LogP contribution in [0.5, 0.6) is 0 Å². The lowest BCUT2D eigenvalue weighted by atomic mass is 10.0. The van der Waals surface area contributed by atoms with Crippen molar-refractivity contribution in [3.05, 3.63) is 56.1 Å². The number of H-pyrrole nitrogens is 1. The van der Waals surface area contributed by atoms with Crippen LogP contribution in [-0.4, -0.2) is 4.98 Å². The molecule has 0 bridgehead atoms. The van der Waals surface area contributed by atoms with Crippen molar-refractivity contribution in [1.29, 1.82) is 0 Å². The number of aromatic amines is 1. The lowest BCUT2D eigenvalue weighted by molar-refractivity contribution is 0.515. The lowest BCUT2D eigenvalue weighted by Crippen LogP contribution is -2.20. The first kappa shape index (κ1) is 13.1. The summed E-state index contributed by atoms with van der Waals surface area (Å²) in [6, 6.07) is 8.91. The van der Waals surface area contributed by atoms with Crippen LogP contribution in [-0.2, 0) is 6.54 Å². The van der Waals surface area contributed by atoms with E-state index in [-0.39, 0.29) is 4.87 Å². The number of thiazole rings is 1. The van der Waals surface area contributed by atoms with E-state index in [9.17, 15) is 4.79 Å². The number of benzene rings is 1. The van der Waals surface area contributed by atoms with Crippen molar-refractivity contribution in [1.82, 2.24) is 10.3 Å². The van der Waals surface area contributed by atoms with Crippen LogP contribution in [0.4, 0.5) is 0 Å². The molecule has 2 rings (SSSR count). The predicted octanol–water partition coefficient (Wildman–Crippen LogP) is 2.99. The highest BCUT2D eigenvalue weighted by Crippen LogP contribution is 2.17. The Kier molecular flexibility index (Phi) is 4.33. The van der Waals surface area contributed by atoms with Crippen molar-refractivity contribution in [3.8, 4) is 0 Å². The molecule has 4 heteroatoms. The smallest absolute Gasteiger partial charge is 0.304 e. The number of hydrogen-bond donors (Lipinski definition) is 2. The molecule has 0 saturated heterocycles. The third kappa shape index (κ3) is 3.31. The van der Waals surface area contributed by atoms with Crippen LogP contribution < -0.4 is 10.2 Å². The molecular formula is C14H18N2OS. The fraction of sp³-hybridized carbons (Fsp3) is 0.357. The summed E-state index contributed by atoms with van der Waals surface area (Å²) in [7, 11) is 0. The molecule has 1 aromatic carbocycles. The third-order valence-corrected chi connectivity index (χ3v) is 3.72. The second-order valence-electron chi connectivity index (χ2n) is 4.43. The molecule has 96 valence electrons. The number of nitrogens with one attached hydrogen (secondary N) is 2. The largest absolute Gasteiger partial charge is 0.315 e. The summed E-state index contributed by atoms with van der Waals surface area (Å²) in [5, 5.41) is 5.34. The van der Waals surface area contributed by atoms with Crippen LogP contribution in [0.15, 0.2) is 34.4 Å². The fourth-order valence-corrected chi connectivity index (χ4v) is 2.51. The van der Waals surface area contributed by atoms with Gasteiger partial charge in [-0.25, -0.2) is 0 Å². The summed E-state index contributed by atoms with van der Waals surface area (Å²) in [6.07, 6.45) is 1.03. The van der Waals surface area contributed by atoms with Gasteiger partial charge in [0.15, 0.2) is 0 Å².